The second-order valence-electron chi connectivity index (χ2n) is 11.1. The Kier molecular flexibility index (Phi) is 10.8. The number of amides is 1. The number of nitrogens with zero attached hydrogens (tertiary/aromatic N) is 3. The van der Waals surface area contributed by atoms with Crippen molar-refractivity contribution in [3.63, 3.8) is 0 Å². The van der Waals surface area contributed by atoms with E-state index in [0.29, 0.717) is 39.1 Å². The molecule has 0 fully saturated rings. The van der Waals surface area contributed by atoms with E-state index in [9.17, 15) is 14.0 Å². The van der Waals surface area contributed by atoms with Gasteiger partial charge in [-0.3, -0.25) is 9.59 Å². The van der Waals surface area contributed by atoms with Crippen LogP contribution in [0.3, 0.4) is 0 Å². The van der Waals surface area contributed by atoms with Crippen LogP contribution in [0, 0.1) is 12.7 Å². The van der Waals surface area contributed by atoms with Gasteiger partial charge in [-0.15, -0.1) is 0 Å². The number of methoxy groups -OCH3 is 1. The van der Waals surface area contributed by atoms with Crippen molar-refractivity contribution < 1.29 is 23.4 Å². The molecule has 0 spiro atoms. The number of anilines is 1. The molecule has 12 heteroatoms. The van der Waals surface area contributed by atoms with E-state index < -0.39 is 18.3 Å². The number of ether oxygens (including phenoxy) is 3. The Morgan fingerprint density at radius 3 is 2.52 bits per heavy atom. The molecule has 0 aliphatic rings. The topological polar surface area (TPSA) is 104 Å². The van der Waals surface area contributed by atoms with Gasteiger partial charge >= 0.3 is 0 Å². The molecule has 0 saturated heterocycles. The van der Waals surface area contributed by atoms with Crippen molar-refractivity contribution in [3.05, 3.63) is 109 Å². The average Bonchev–Trinajstić information content (AvgIpc) is 3.06. The van der Waals surface area contributed by atoms with Gasteiger partial charge in [0.25, 0.3) is 11.5 Å². The zero-order chi connectivity index (χ0) is 34.5. The lowest BCUT2D eigenvalue weighted by atomic mass is 9.96. The molecule has 1 aromatic heterocycles. The summed E-state index contributed by atoms with van der Waals surface area (Å²) in [6, 6.07) is 18.0. The predicted molar refractivity (Wildman–Crippen MR) is 191 cm³/mol. The van der Waals surface area contributed by atoms with Crippen LogP contribution < -0.4 is 25.1 Å². The van der Waals surface area contributed by atoms with Gasteiger partial charge in [0.1, 0.15) is 16.6 Å². The van der Waals surface area contributed by atoms with Crippen molar-refractivity contribution in [2.75, 3.05) is 25.6 Å². The molecule has 0 radical (unpaired) electrons. The maximum absolute atomic E-state index is 13.9. The molecule has 1 N–H and O–H groups in total. The first kappa shape index (κ1) is 34.6. The van der Waals surface area contributed by atoms with Gasteiger partial charge in [0.05, 0.1) is 30.8 Å². The summed E-state index contributed by atoms with van der Waals surface area (Å²) in [5.41, 5.74) is 3.65. The van der Waals surface area contributed by atoms with Gasteiger partial charge in [0.15, 0.2) is 23.9 Å². The summed E-state index contributed by atoms with van der Waals surface area (Å²) < 4.78 is 32.1. The monoisotopic (exact) mass is 734 g/mol. The third-order valence-electron chi connectivity index (χ3n) is 7.44. The molecule has 9 nitrogen and oxygen atoms in total. The van der Waals surface area contributed by atoms with Gasteiger partial charge < -0.3 is 19.5 Å². The highest BCUT2D eigenvalue weighted by atomic mass is 79.9. The summed E-state index contributed by atoms with van der Waals surface area (Å²) in [6.45, 7) is 8.17. The summed E-state index contributed by atoms with van der Waals surface area (Å²) in [7, 11) is 1.43. The van der Waals surface area contributed by atoms with E-state index in [4.69, 9.17) is 30.8 Å². The molecule has 248 valence electrons. The summed E-state index contributed by atoms with van der Waals surface area (Å²) in [6.07, 6.45) is 1.47. The summed E-state index contributed by atoms with van der Waals surface area (Å²) in [5, 5.41) is 7.78. The number of fused-ring (bicyclic) bond motifs is 1. The molecule has 1 heterocycles. The Hall–Kier alpha value is -4.74. The third kappa shape index (κ3) is 7.37. The Morgan fingerprint density at radius 1 is 1.10 bits per heavy atom. The highest BCUT2D eigenvalue weighted by Crippen LogP contribution is 2.42. The molecule has 0 atom stereocenters. The minimum absolute atomic E-state index is 0.119. The number of hydrogen-bond acceptors (Lipinski definition) is 7. The van der Waals surface area contributed by atoms with Gasteiger partial charge in [-0.05, 0) is 101 Å². The smallest absolute Gasteiger partial charge is 0.282 e. The van der Waals surface area contributed by atoms with Gasteiger partial charge in [-0.1, -0.05) is 37.6 Å². The molecule has 0 unspecified atom stereocenters. The van der Waals surface area contributed by atoms with Crippen molar-refractivity contribution in [1.82, 2.24) is 9.66 Å². The number of aryl methyl sites for hydroxylation is 1. The highest BCUT2D eigenvalue weighted by molar-refractivity contribution is 9.10. The van der Waals surface area contributed by atoms with Crippen molar-refractivity contribution in [2.45, 2.75) is 33.6 Å². The number of nitrogens with one attached hydrogen (secondary N) is 1. The molecule has 0 bridgehead atoms. The number of rotatable bonds is 11. The largest absolute Gasteiger partial charge is 0.494 e. The number of benzene rings is 4. The number of hydrogen-bond donors (Lipinski definition) is 1. The number of halogens is 3. The summed E-state index contributed by atoms with van der Waals surface area (Å²) in [4.78, 5) is 31.3. The fourth-order valence-electron chi connectivity index (χ4n) is 5.05. The lowest BCUT2D eigenvalue weighted by Crippen LogP contribution is -2.21. The molecule has 0 aliphatic carbocycles. The van der Waals surface area contributed by atoms with Crippen LogP contribution in [0.1, 0.15) is 43.4 Å². The van der Waals surface area contributed by atoms with E-state index in [1.165, 1.54) is 42.3 Å². The van der Waals surface area contributed by atoms with E-state index in [1.54, 1.807) is 24.3 Å². The van der Waals surface area contributed by atoms with E-state index >= 15 is 0 Å². The SMILES string of the molecule is CCOc1cc(C)c(-c2nc3ccccc3c(=O)n2N=Cc2cc(OC)c(OCC(=O)Nc3ccc(F)cc3)c(Cl)c2Br)cc1C(C)C. The third-order valence-corrected chi connectivity index (χ3v) is 8.88. The molecule has 0 saturated carbocycles. The van der Waals surface area contributed by atoms with Gasteiger partial charge in [-0.25, -0.2) is 9.37 Å². The van der Waals surface area contributed by atoms with Crippen LogP contribution in [-0.4, -0.2) is 42.1 Å². The van der Waals surface area contributed by atoms with Gasteiger partial charge in [0.2, 0.25) is 0 Å². The Labute approximate surface area is 290 Å². The number of carbonyl (C=O) groups excluding carboxylic acids is 1. The van der Waals surface area contributed by atoms with Crippen molar-refractivity contribution in [3.8, 4) is 28.6 Å². The fraction of sp³-hybridized carbons (Fsp3) is 0.222. The second-order valence-corrected chi connectivity index (χ2v) is 12.2. The highest BCUT2D eigenvalue weighted by Gasteiger charge is 2.21. The van der Waals surface area contributed by atoms with Crippen LogP contribution >= 0.6 is 27.5 Å². The normalized spacial score (nSPS) is 11.4. The zero-order valence-electron chi connectivity index (χ0n) is 26.9. The second kappa shape index (κ2) is 15.0. The van der Waals surface area contributed by atoms with Crippen LogP contribution in [0.25, 0.3) is 22.3 Å². The molecular weight excluding hydrogens is 703 g/mol. The van der Waals surface area contributed by atoms with Crippen LogP contribution in [0.5, 0.6) is 17.2 Å². The zero-order valence-corrected chi connectivity index (χ0v) is 29.3. The maximum Gasteiger partial charge on any atom is 0.282 e. The van der Waals surface area contributed by atoms with E-state index in [-0.39, 0.29) is 28.0 Å². The Bertz CT molecular complexity index is 2080. The van der Waals surface area contributed by atoms with Crippen molar-refractivity contribution >= 4 is 56.2 Å². The quantitative estimate of drug-likeness (QED) is 0.137. The lowest BCUT2D eigenvalue weighted by Gasteiger charge is -2.18. The van der Waals surface area contributed by atoms with Gasteiger partial charge in [-0.2, -0.15) is 9.78 Å². The van der Waals surface area contributed by atoms with Crippen molar-refractivity contribution in [2.24, 2.45) is 5.10 Å². The predicted octanol–water partition coefficient (Wildman–Crippen LogP) is 8.36. The van der Waals surface area contributed by atoms with Crippen LogP contribution in [-0.2, 0) is 4.79 Å². The van der Waals surface area contributed by atoms with Crippen LogP contribution in [0.15, 0.2) is 81.1 Å². The minimum Gasteiger partial charge on any atom is -0.494 e. The number of aromatic nitrogens is 2. The van der Waals surface area contributed by atoms with Crippen LogP contribution in [0.4, 0.5) is 10.1 Å². The Morgan fingerprint density at radius 2 is 1.83 bits per heavy atom. The van der Waals surface area contributed by atoms with Crippen LogP contribution in [0.2, 0.25) is 5.02 Å². The maximum atomic E-state index is 13.9. The first-order chi connectivity index (χ1) is 23.0. The molecule has 5 rings (SSSR count). The van der Waals surface area contributed by atoms with E-state index in [1.807, 2.05) is 32.0 Å². The molecule has 48 heavy (non-hydrogen) atoms. The molecule has 5 aromatic rings. The Balaban J connectivity index is 1.54. The van der Waals surface area contributed by atoms with E-state index in [0.717, 1.165) is 22.4 Å². The first-order valence-corrected chi connectivity index (χ1v) is 16.3. The number of carbonyl (C=O) groups is 1. The fourth-order valence-corrected chi connectivity index (χ4v) is 5.70. The van der Waals surface area contributed by atoms with E-state index in [2.05, 4.69) is 40.2 Å². The van der Waals surface area contributed by atoms with Crippen molar-refractivity contribution in [1.29, 1.82) is 0 Å². The molecule has 0 aliphatic heterocycles. The standard InChI is InChI=1S/C36H33BrClFN4O5/c1-6-47-29-15-21(4)27(17-26(29)20(2)3)35-42-28-10-8-7-9-25(28)36(45)43(35)40-18-22-16-30(46-5)34(33(38)32(22)37)48-19-31(44)41-24-13-11-23(39)12-14-24/h7-18,20H,6,19H2,1-5H3,(H,41,44). The first-order valence-electron chi connectivity index (χ1n) is 15.1. The average molecular weight is 736 g/mol. The molecular formula is C36H33BrClFN4O5. The summed E-state index contributed by atoms with van der Waals surface area (Å²) in [5.74, 6) is 0.740. The lowest BCUT2D eigenvalue weighted by molar-refractivity contribution is -0.118. The van der Waals surface area contributed by atoms with Gasteiger partial charge in [0, 0.05) is 21.3 Å². The molecule has 1 amide bonds. The minimum atomic E-state index is -0.484. The molecule has 4 aromatic carbocycles. The summed E-state index contributed by atoms with van der Waals surface area (Å²) >= 11 is 10.2. The number of para-hydroxylation sites is 1.